The van der Waals surface area contributed by atoms with Gasteiger partial charge in [0.15, 0.2) is 11.6 Å². The molecule has 0 spiro atoms. The normalized spacial score (nSPS) is 14.3. The molecular formula is C19H21N7O. The number of anilines is 2. The van der Waals surface area contributed by atoms with Gasteiger partial charge in [-0.2, -0.15) is 5.10 Å². The second-order valence-electron chi connectivity index (χ2n) is 6.60. The third-order valence-electron chi connectivity index (χ3n) is 4.75. The van der Waals surface area contributed by atoms with E-state index in [-0.39, 0.29) is 11.4 Å². The van der Waals surface area contributed by atoms with Crippen LogP contribution in [0.15, 0.2) is 42.9 Å². The summed E-state index contributed by atoms with van der Waals surface area (Å²) in [6.45, 7) is 2.21. The number of nitrogens with zero attached hydrogens (tertiary/aromatic N) is 5. The quantitative estimate of drug-likeness (QED) is 0.732. The number of amides is 1. The minimum Gasteiger partial charge on any atom is -0.381 e. The van der Waals surface area contributed by atoms with Gasteiger partial charge in [-0.15, -0.1) is 0 Å². The highest BCUT2D eigenvalue weighted by Gasteiger charge is 2.14. The summed E-state index contributed by atoms with van der Waals surface area (Å²) >= 11 is 0. The van der Waals surface area contributed by atoms with Gasteiger partial charge in [0, 0.05) is 30.5 Å². The molecule has 0 saturated carbocycles. The van der Waals surface area contributed by atoms with Gasteiger partial charge < -0.3 is 16.4 Å². The van der Waals surface area contributed by atoms with Gasteiger partial charge in [0.25, 0.3) is 5.91 Å². The van der Waals surface area contributed by atoms with E-state index in [4.69, 9.17) is 11.5 Å². The summed E-state index contributed by atoms with van der Waals surface area (Å²) in [7, 11) is 0. The molecular weight excluding hydrogens is 342 g/mol. The van der Waals surface area contributed by atoms with Crippen molar-refractivity contribution in [2.45, 2.75) is 19.3 Å². The molecule has 138 valence electrons. The molecule has 0 unspecified atom stereocenters. The molecule has 3 heterocycles. The van der Waals surface area contributed by atoms with Crippen LogP contribution in [0, 0.1) is 0 Å². The molecule has 1 aliphatic rings. The first-order chi connectivity index (χ1) is 13.1. The zero-order valence-corrected chi connectivity index (χ0v) is 14.9. The van der Waals surface area contributed by atoms with E-state index in [1.165, 1.54) is 42.0 Å². The second kappa shape index (κ2) is 7.06. The number of primary amides is 1. The highest BCUT2D eigenvalue weighted by atomic mass is 16.1. The van der Waals surface area contributed by atoms with Crippen LogP contribution < -0.4 is 16.4 Å². The van der Waals surface area contributed by atoms with Crippen molar-refractivity contribution >= 4 is 17.4 Å². The van der Waals surface area contributed by atoms with Crippen molar-refractivity contribution in [3.63, 3.8) is 0 Å². The van der Waals surface area contributed by atoms with Crippen LogP contribution in [-0.2, 0) is 0 Å². The Morgan fingerprint density at radius 1 is 1.04 bits per heavy atom. The van der Waals surface area contributed by atoms with Crippen LogP contribution in [0.3, 0.4) is 0 Å². The lowest BCUT2D eigenvalue weighted by Crippen LogP contribution is -2.29. The Bertz CT molecular complexity index is 958. The van der Waals surface area contributed by atoms with Gasteiger partial charge in [-0.25, -0.2) is 14.6 Å². The molecule has 8 heteroatoms. The molecule has 4 rings (SSSR count). The average Bonchev–Trinajstić information content (AvgIpc) is 3.20. The maximum Gasteiger partial charge on any atom is 0.251 e. The van der Waals surface area contributed by atoms with Crippen molar-refractivity contribution < 1.29 is 4.79 Å². The minimum atomic E-state index is -0.558. The lowest BCUT2D eigenvalue weighted by molar-refractivity contribution is 0.100. The Morgan fingerprint density at radius 2 is 1.78 bits per heavy atom. The predicted octanol–water partition coefficient (Wildman–Crippen LogP) is 2.00. The third-order valence-corrected chi connectivity index (χ3v) is 4.75. The van der Waals surface area contributed by atoms with Crippen LogP contribution in [0.1, 0.15) is 29.6 Å². The van der Waals surface area contributed by atoms with Gasteiger partial charge in [0.1, 0.15) is 0 Å². The van der Waals surface area contributed by atoms with Gasteiger partial charge >= 0.3 is 0 Å². The molecule has 0 radical (unpaired) electrons. The van der Waals surface area contributed by atoms with E-state index in [1.54, 1.807) is 6.20 Å². The van der Waals surface area contributed by atoms with Crippen molar-refractivity contribution in [1.82, 2.24) is 19.7 Å². The fraction of sp³-hybridized carbons (Fsp3) is 0.263. The summed E-state index contributed by atoms with van der Waals surface area (Å²) in [4.78, 5) is 22.5. The number of nitrogen functional groups attached to an aromatic ring is 1. The molecule has 2 aromatic heterocycles. The van der Waals surface area contributed by atoms with E-state index in [2.05, 4.69) is 32.1 Å². The number of carbonyl (C=O) groups is 1. The van der Waals surface area contributed by atoms with Crippen molar-refractivity contribution in [1.29, 1.82) is 0 Å². The molecule has 1 amide bonds. The lowest BCUT2D eigenvalue weighted by Gasteiger charge is -2.28. The molecule has 0 bridgehead atoms. The van der Waals surface area contributed by atoms with Gasteiger partial charge in [0.05, 0.1) is 23.7 Å². The molecule has 27 heavy (non-hydrogen) atoms. The van der Waals surface area contributed by atoms with Crippen LogP contribution in [0.5, 0.6) is 0 Å². The molecule has 0 aliphatic carbocycles. The maximum atomic E-state index is 11.3. The molecule has 3 aromatic rings. The fourth-order valence-electron chi connectivity index (χ4n) is 3.26. The summed E-state index contributed by atoms with van der Waals surface area (Å²) in [5.41, 5.74) is 14.4. The summed E-state index contributed by atoms with van der Waals surface area (Å²) in [6.07, 6.45) is 8.30. The van der Waals surface area contributed by atoms with Gasteiger partial charge in [-0.3, -0.25) is 4.79 Å². The van der Waals surface area contributed by atoms with Crippen molar-refractivity contribution in [3.8, 4) is 17.1 Å². The Balaban J connectivity index is 1.63. The average molecular weight is 363 g/mol. The van der Waals surface area contributed by atoms with Crippen LogP contribution >= 0.6 is 0 Å². The summed E-state index contributed by atoms with van der Waals surface area (Å²) in [5, 5.41) is 4.11. The number of hydrogen-bond acceptors (Lipinski definition) is 6. The smallest absolute Gasteiger partial charge is 0.251 e. The maximum absolute atomic E-state index is 11.3. The minimum absolute atomic E-state index is 0.225. The Kier molecular flexibility index (Phi) is 4.45. The number of hydrogen-bond donors (Lipinski definition) is 2. The summed E-state index contributed by atoms with van der Waals surface area (Å²) in [6, 6.07) is 8.28. The zero-order chi connectivity index (χ0) is 18.8. The summed E-state index contributed by atoms with van der Waals surface area (Å²) in [5.74, 6) is 0.0279. The standard InChI is InChI=1S/C19H21N7O/c20-17-19(26-12-14(10-23-26)18(21)27)24-16(11-22-17)13-4-6-15(7-5-13)25-8-2-1-3-9-25/h4-7,10-12H,1-3,8-9H2,(H2,20,22)(H2,21,27). The fourth-order valence-corrected chi connectivity index (χ4v) is 3.26. The SMILES string of the molecule is NC(=O)c1cnn(-c2nc(-c3ccc(N4CCCCC4)cc3)cnc2N)c1. The third kappa shape index (κ3) is 3.46. The second-order valence-corrected chi connectivity index (χ2v) is 6.60. The number of piperidine rings is 1. The van der Waals surface area contributed by atoms with E-state index in [0.717, 1.165) is 18.7 Å². The zero-order valence-electron chi connectivity index (χ0n) is 14.9. The Hall–Kier alpha value is -3.42. The van der Waals surface area contributed by atoms with Crippen LogP contribution in [-0.4, -0.2) is 38.7 Å². The molecule has 4 N–H and O–H groups in total. The van der Waals surface area contributed by atoms with E-state index < -0.39 is 5.91 Å². The Labute approximate surface area is 156 Å². The first-order valence-corrected chi connectivity index (χ1v) is 8.94. The predicted molar refractivity (Wildman–Crippen MR) is 104 cm³/mol. The molecule has 1 aromatic carbocycles. The Morgan fingerprint density at radius 3 is 2.44 bits per heavy atom. The summed E-state index contributed by atoms with van der Waals surface area (Å²) < 4.78 is 1.41. The first kappa shape index (κ1) is 17.0. The van der Waals surface area contributed by atoms with Gasteiger partial charge in [0.2, 0.25) is 0 Å². The van der Waals surface area contributed by atoms with Crippen LogP contribution in [0.4, 0.5) is 11.5 Å². The molecule has 0 atom stereocenters. The number of carbonyl (C=O) groups excluding carboxylic acids is 1. The molecule has 8 nitrogen and oxygen atoms in total. The van der Waals surface area contributed by atoms with Gasteiger partial charge in [-0.05, 0) is 31.4 Å². The molecule has 1 fully saturated rings. The van der Waals surface area contributed by atoms with Crippen molar-refractivity contribution in [3.05, 3.63) is 48.4 Å². The van der Waals surface area contributed by atoms with E-state index in [0.29, 0.717) is 11.5 Å². The van der Waals surface area contributed by atoms with Crippen molar-refractivity contribution in [2.75, 3.05) is 23.7 Å². The largest absolute Gasteiger partial charge is 0.381 e. The van der Waals surface area contributed by atoms with E-state index >= 15 is 0 Å². The number of aromatic nitrogens is 4. The van der Waals surface area contributed by atoms with Gasteiger partial charge in [-0.1, -0.05) is 12.1 Å². The topological polar surface area (TPSA) is 116 Å². The van der Waals surface area contributed by atoms with E-state index in [1.807, 2.05) is 12.1 Å². The molecule has 1 saturated heterocycles. The highest BCUT2D eigenvalue weighted by Crippen LogP contribution is 2.25. The van der Waals surface area contributed by atoms with E-state index in [9.17, 15) is 4.79 Å². The lowest BCUT2D eigenvalue weighted by atomic mass is 10.1. The number of rotatable bonds is 4. The monoisotopic (exact) mass is 363 g/mol. The molecule has 1 aliphatic heterocycles. The van der Waals surface area contributed by atoms with Crippen molar-refractivity contribution in [2.24, 2.45) is 5.73 Å². The van der Waals surface area contributed by atoms with Crippen LogP contribution in [0.25, 0.3) is 17.1 Å². The first-order valence-electron chi connectivity index (χ1n) is 8.94. The highest BCUT2D eigenvalue weighted by molar-refractivity contribution is 5.92. The number of benzene rings is 1. The van der Waals surface area contributed by atoms with Crippen LogP contribution in [0.2, 0.25) is 0 Å². The number of nitrogens with two attached hydrogens (primary N) is 2.